The average molecular weight is 377 g/mol. The van der Waals surface area contributed by atoms with Gasteiger partial charge in [0.15, 0.2) is 6.61 Å². The van der Waals surface area contributed by atoms with E-state index in [0.717, 1.165) is 49.5 Å². The van der Waals surface area contributed by atoms with E-state index in [0.29, 0.717) is 12.1 Å². The lowest BCUT2D eigenvalue weighted by Crippen LogP contribution is -2.38. The number of hydrogen-bond donors (Lipinski definition) is 0. The summed E-state index contributed by atoms with van der Waals surface area (Å²) >= 11 is 0. The Balaban J connectivity index is 1.50. The summed E-state index contributed by atoms with van der Waals surface area (Å²) in [6, 6.07) is 15.9. The highest BCUT2D eigenvalue weighted by atomic mass is 16.5. The van der Waals surface area contributed by atoms with Gasteiger partial charge in [-0.2, -0.15) is 5.26 Å². The van der Waals surface area contributed by atoms with E-state index in [1.807, 2.05) is 61.2 Å². The molecule has 146 valence electrons. The standard InChI is InChI=1S/C23H27N3O2/c1-18-4-5-19(2)22(14-18)28-17-23(27)26-11-3-10-25(12-13-26)16-21-8-6-20(15-24)7-9-21/h4-9,14H,3,10-13,16-17H2,1-2H3. The number of nitrogens with zero attached hydrogens (tertiary/aromatic N) is 3. The monoisotopic (exact) mass is 377 g/mol. The molecule has 2 aromatic rings. The Labute approximate surface area is 167 Å². The third-order valence-electron chi connectivity index (χ3n) is 5.13. The maximum Gasteiger partial charge on any atom is 0.260 e. The van der Waals surface area contributed by atoms with Crippen LogP contribution in [0.2, 0.25) is 0 Å². The van der Waals surface area contributed by atoms with Crippen molar-refractivity contribution in [1.82, 2.24) is 9.80 Å². The van der Waals surface area contributed by atoms with Gasteiger partial charge in [0.05, 0.1) is 11.6 Å². The molecule has 0 N–H and O–H groups in total. The van der Waals surface area contributed by atoms with E-state index in [4.69, 9.17) is 10.00 Å². The van der Waals surface area contributed by atoms with Gasteiger partial charge in [-0.1, -0.05) is 24.3 Å². The number of nitriles is 1. The molecule has 0 atom stereocenters. The fourth-order valence-electron chi connectivity index (χ4n) is 3.41. The van der Waals surface area contributed by atoms with E-state index < -0.39 is 0 Å². The van der Waals surface area contributed by atoms with Gasteiger partial charge < -0.3 is 9.64 Å². The van der Waals surface area contributed by atoms with Crippen molar-refractivity contribution in [3.8, 4) is 11.8 Å². The maximum atomic E-state index is 12.6. The number of carbonyl (C=O) groups is 1. The van der Waals surface area contributed by atoms with E-state index in [1.54, 1.807) is 0 Å². The van der Waals surface area contributed by atoms with Crippen LogP contribution in [-0.2, 0) is 11.3 Å². The third-order valence-corrected chi connectivity index (χ3v) is 5.13. The maximum absolute atomic E-state index is 12.6. The molecular formula is C23H27N3O2. The molecule has 0 saturated carbocycles. The first-order chi connectivity index (χ1) is 13.5. The van der Waals surface area contributed by atoms with Crippen LogP contribution in [-0.4, -0.2) is 48.5 Å². The molecule has 0 aliphatic carbocycles. The molecule has 0 bridgehead atoms. The molecule has 1 fully saturated rings. The predicted molar refractivity (Wildman–Crippen MR) is 109 cm³/mol. The van der Waals surface area contributed by atoms with Crippen molar-refractivity contribution in [2.24, 2.45) is 0 Å². The Hall–Kier alpha value is -2.84. The molecule has 0 radical (unpaired) electrons. The summed E-state index contributed by atoms with van der Waals surface area (Å²) < 4.78 is 5.79. The summed E-state index contributed by atoms with van der Waals surface area (Å²) in [6.07, 6.45) is 0.950. The van der Waals surface area contributed by atoms with E-state index in [-0.39, 0.29) is 12.5 Å². The number of ether oxygens (including phenoxy) is 1. The second kappa shape index (κ2) is 9.38. The molecule has 1 saturated heterocycles. The van der Waals surface area contributed by atoms with E-state index in [2.05, 4.69) is 11.0 Å². The first kappa shape index (κ1) is 19.9. The molecule has 1 amide bonds. The Bertz CT molecular complexity index is 855. The molecule has 0 aromatic heterocycles. The van der Waals surface area contributed by atoms with Crippen molar-refractivity contribution in [2.75, 3.05) is 32.8 Å². The van der Waals surface area contributed by atoms with Crippen molar-refractivity contribution in [1.29, 1.82) is 5.26 Å². The molecule has 5 heteroatoms. The zero-order valence-corrected chi connectivity index (χ0v) is 16.6. The van der Waals surface area contributed by atoms with Gasteiger partial charge in [0, 0.05) is 32.7 Å². The van der Waals surface area contributed by atoms with Crippen molar-refractivity contribution in [3.63, 3.8) is 0 Å². The summed E-state index contributed by atoms with van der Waals surface area (Å²) in [5.41, 5.74) is 4.04. The number of rotatable bonds is 5. The number of amides is 1. The largest absolute Gasteiger partial charge is 0.483 e. The lowest BCUT2D eigenvalue weighted by molar-refractivity contribution is -0.133. The highest BCUT2D eigenvalue weighted by Crippen LogP contribution is 2.19. The Morgan fingerprint density at radius 3 is 2.61 bits per heavy atom. The first-order valence-electron chi connectivity index (χ1n) is 9.74. The van der Waals surface area contributed by atoms with Crippen molar-refractivity contribution in [3.05, 3.63) is 64.7 Å². The van der Waals surface area contributed by atoms with Crippen LogP contribution >= 0.6 is 0 Å². The van der Waals surface area contributed by atoms with Crippen molar-refractivity contribution in [2.45, 2.75) is 26.8 Å². The van der Waals surface area contributed by atoms with Gasteiger partial charge in [0.1, 0.15) is 5.75 Å². The van der Waals surface area contributed by atoms with Gasteiger partial charge in [-0.25, -0.2) is 0 Å². The smallest absolute Gasteiger partial charge is 0.260 e. The summed E-state index contributed by atoms with van der Waals surface area (Å²) in [5.74, 6) is 0.826. The Kier molecular flexibility index (Phi) is 6.67. The normalized spacial score (nSPS) is 15.0. The van der Waals surface area contributed by atoms with E-state index in [1.165, 1.54) is 5.56 Å². The molecule has 1 heterocycles. The summed E-state index contributed by atoms with van der Waals surface area (Å²) in [4.78, 5) is 16.9. The molecular weight excluding hydrogens is 350 g/mol. The number of aryl methyl sites for hydroxylation is 2. The SMILES string of the molecule is Cc1ccc(C)c(OCC(=O)N2CCCN(Cc3ccc(C#N)cc3)CC2)c1. The van der Waals surface area contributed by atoms with Gasteiger partial charge in [-0.05, 0) is 55.2 Å². The average Bonchev–Trinajstić information content (AvgIpc) is 2.94. The van der Waals surface area contributed by atoms with Gasteiger partial charge in [0.2, 0.25) is 0 Å². The highest BCUT2D eigenvalue weighted by molar-refractivity contribution is 5.77. The Morgan fingerprint density at radius 2 is 1.86 bits per heavy atom. The lowest BCUT2D eigenvalue weighted by atomic mass is 10.1. The van der Waals surface area contributed by atoms with Crippen LogP contribution in [0, 0.1) is 25.2 Å². The first-order valence-corrected chi connectivity index (χ1v) is 9.74. The van der Waals surface area contributed by atoms with Gasteiger partial charge in [-0.15, -0.1) is 0 Å². The molecule has 3 rings (SSSR count). The minimum atomic E-state index is 0.0427. The van der Waals surface area contributed by atoms with E-state index in [9.17, 15) is 4.79 Å². The van der Waals surface area contributed by atoms with Crippen molar-refractivity contribution >= 4 is 5.91 Å². The van der Waals surface area contributed by atoms with Crippen LogP contribution in [0.4, 0.5) is 0 Å². The molecule has 28 heavy (non-hydrogen) atoms. The molecule has 0 unspecified atom stereocenters. The second-order valence-electron chi connectivity index (χ2n) is 7.38. The van der Waals surface area contributed by atoms with Crippen LogP contribution in [0.15, 0.2) is 42.5 Å². The van der Waals surface area contributed by atoms with Crippen LogP contribution in [0.1, 0.15) is 28.7 Å². The minimum Gasteiger partial charge on any atom is -0.483 e. The minimum absolute atomic E-state index is 0.0427. The molecule has 1 aliphatic rings. The topological polar surface area (TPSA) is 56.6 Å². The third kappa shape index (κ3) is 5.34. The summed E-state index contributed by atoms with van der Waals surface area (Å²) in [7, 11) is 0. The highest BCUT2D eigenvalue weighted by Gasteiger charge is 2.20. The van der Waals surface area contributed by atoms with Crippen LogP contribution in [0.5, 0.6) is 5.75 Å². The van der Waals surface area contributed by atoms with Crippen LogP contribution < -0.4 is 4.74 Å². The Morgan fingerprint density at radius 1 is 1.07 bits per heavy atom. The predicted octanol–water partition coefficient (Wildman–Crippen LogP) is 3.29. The van der Waals surface area contributed by atoms with Crippen LogP contribution in [0.3, 0.4) is 0 Å². The lowest BCUT2D eigenvalue weighted by Gasteiger charge is -2.22. The number of carbonyl (C=O) groups excluding carboxylic acids is 1. The van der Waals surface area contributed by atoms with Gasteiger partial charge in [0.25, 0.3) is 5.91 Å². The number of benzene rings is 2. The molecule has 0 spiro atoms. The van der Waals surface area contributed by atoms with Crippen LogP contribution in [0.25, 0.3) is 0 Å². The fraction of sp³-hybridized carbons (Fsp3) is 0.391. The van der Waals surface area contributed by atoms with Gasteiger partial charge in [-0.3, -0.25) is 9.69 Å². The van der Waals surface area contributed by atoms with Gasteiger partial charge >= 0.3 is 0 Å². The fourth-order valence-corrected chi connectivity index (χ4v) is 3.41. The van der Waals surface area contributed by atoms with Crippen molar-refractivity contribution < 1.29 is 9.53 Å². The zero-order valence-electron chi connectivity index (χ0n) is 16.6. The molecule has 2 aromatic carbocycles. The van der Waals surface area contributed by atoms with E-state index >= 15 is 0 Å². The number of hydrogen-bond acceptors (Lipinski definition) is 4. The molecule has 1 aliphatic heterocycles. The zero-order chi connectivity index (χ0) is 19.9. The summed E-state index contributed by atoms with van der Waals surface area (Å²) in [5, 5.41) is 8.91. The quantitative estimate of drug-likeness (QED) is 0.802. The summed E-state index contributed by atoms with van der Waals surface area (Å²) in [6.45, 7) is 8.21. The second-order valence-corrected chi connectivity index (χ2v) is 7.38. The molecule has 5 nitrogen and oxygen atoms in total.